The van der Waals surface area contributed by atoms with Crippen molar-refractivity contribution in [3.63, 3.8) is 0 Å². The first-order valence-corrected chi connectivity index (χ1v) is 9.69. The van der Waals surface area contributed by atoms with E-state index in [-0.39, 0.29) is 0 Å². The SMILES string of the molecule is C=C.C=C(C)C(C)=NC.C=CC1=CC=CCC=C1.CC.Cc1ccccc1C. The summed E-state index contributed by atoms with van der Waals surface area (Å²) in [6.07, 6.45) is 13.3. The zero-order chi connectivity index (χ0) is 22.4. The van der Waals surface area contributed by atoms with Gasteiger partial charge < -0.3 is 0 Å². The van der Waals surface area contributed by atoms with Gasteiger partial charge in [-0.25, -0.2) is 0 Å². The summed E-state index contributed by atoms with van der Waals surface area (Å²) in [6.45, 7) is 25.5. The van der Waals surface area contributed by atoms with E-state index in [0.717, 1.165) is 17.7 Å². The van der Waals surface area contributed by atoms with Gasteiger partial charge in [0, 0.05) is 12.8 Å². The monoisotopic (exact) mass is 379 g/mol. The topological polar surface area (TPSA) is 12.4 Å². The highest BCUT2D eigenvalue weighted by Gasteiger charge is 1.85. The summed E-state index contributed by atoms with van der Waals surface area (Å²) in [6, 6.07) is 8.36. The van der Waals surface area contributed by atoms with E-state index in [1.54, 1.807) is 7.05 Å². The number of aliphatic imine (C=N–C) groups is 1. The minimum atomic E-state index is 1.03. The Bertz CT molecular complexity index is 634. The first kappa shape index (κ1) is 30.1. The zero-order valence-corrected chi connectivity index (χ0v) is 19.3. The molecule has 1 heteroatoms. The number of hydrogen-bond donors (Lipinski definition) is 0. The number of nitrogens with zero attached hydrogens (tertiary/aromatic N) is 1. The average Bonchev–Trinajstić information content (AvgIpc) is 3.02. The summed E-state index contributed by atoms with van der Waals surface area (Å²) in [4.78, 5) is 3.91. The molecule has 0 heterocycles. The van der Waals surface area contributed by atoms with E-state index in [1.807, 2.05) is 33.8 Å². The third-order valence-electron chi connectivity index (χ3n) is 3.62. The van der Waals surface area contributed by atoms with Gasteiger partial charge in [0.15, 0.2) is 0 Å². The van der Waals surface area contributed by atoms with E-state index >= 15 is 0 Å². The lowest BCUT2D eigenvalue weighted by atomic mass is 10.1. The highest BCUT2D eigenvalue weighted by atomic mass is 14.7. The molecule has 1 aromatic carbocycles. The molecular formula is C27H41N. The fourth-order valence-electron chi connectivity index (χ4n) is 1.59. The highest BCUT2D eigenvalue weighted by Crippen LogP contribution is 2.04. The van der Waals surface area contributed by atoms with Gasteiger partial charge in [-0.05, 0) is 56.4 Å². The minimum Gasteiger partial charge on any atom is -0.293 e. The van der Waals surface area contributed by atoms with Crippen LogP contribution < -0.4 is 0 Å². The van der Waals surface area contributed by atoms with Gasteiger partial charge >= 0.3 is 0 Å². The lowest BCUT2D eigenvalue weighted by Crippen LogP contribution is -1.88. The van der Waals surface area contributed by atoms with Crippen LogP contribution in [-0.4, -0.2) is 12.8 Å². The number of aryl methyl sites for hydroxylation is 2. The molecule has 0 radical (unpaired) electrons. The fourth-order valence-corrected chi connectivity index (χ4v) is 1.59. The second-order valence-corrected chi connectivity index (χ2v) is 5.61. The first-order chi connectivity index (χ1) is 13.4. The molecule has 0 spiro atoms. The van der Waals surface area contributed by atoms with Crippen LogP contribution in [0.5, 0.6) is 0 Å². The van der Waals surface area contributed by atoms with Gasteiger partial charge in [0.05, 0.1) is 0 Å². The fraction of sp³-hybridized carbons (Fsp3) is 0.296. The summed E-state index contributed by atoms with van der Waals surface area (Å²) < 4.78 is 0. The smallest absolute Gasteiger partial charge is 0.0337 e. The van der Waals surface area contributed by atoms with Crippen LogP contribution in [0.2, 0.25) is 0 Å². The van der Waals surface area contributed by atoms with Crippen molar-refractivity contribution in [1.82, 2.24) is 0 Å². The summed E-state index contributed by atoms with van der Waals surface area (Å²) in [5, 5.41) is 0. The molecule has 154 valence electrons. The zero-order valence-electron chi connectivity index (χ0n) is 19.3. The quantitative estimate of drug-likeness (QED) is 0.361. The standard InChI is InChI=1S/C9H10.C8H10.C6H11N.C2H6.C2H4/c1-2-9-7-5-3-4-6-8-9;1-7-5-3-4-6-8(7)2;1-5(2)6(3)7-4;2*1-2/h2-3,5-8H,1,4H2;3-6H,1-2H3;1H2,2-4H3;1-2H3;1-2H2. The molecule has 0 aromatic heterocycles. The number of hydrogen-bond acceptors (Lipinski definition) is 1. The van der Waals surface area contributed by atoms with E-state index in [2.05, 4.69) is 99.8 Å². The number of allylic oxidation sites excluding steroid dienone is 8. The van der Waals surface area contributed by atoms with Gasteiger partial charge in [0.1, 0.15) is 0 Å². The number of rotatable bonds is 2. The highest BCUT2D eigenvalue weighted by molar-refractivity contribution is 5.96. The van der Waals surface area contributed by atoms with Crippen molar-refractivity contribution in [2.45, 2.75) is 48.0 Å². The molecule has 0 atom stereocenters. The molecule has 1 aliphatic carbocycles. The molecule has 0 fully saturated rings. The molecular weight excluding hydrogens is 338 g/mol. The Morgan fingerprint density at radius 3 is 1.82 bits per heavy atom. The van der Waals surface area contributed by atoms with Crippen molar-refractivity contribution < 1.29 is 0 Å². The van der Waals surface area contributed by atoms with E-state index in [1.165, 1.54) is 16.7 Å². The molecule has 2 rings (SSSR count). The number of benzene rings is 1. The van der Waals surface area contributed by atoms with Crippen LogP contribution in [0.4, 0.5) is 0 Å². The van der Waals surface area contributed by atoms with Gasteiger partial charge in [-0.1, -0.05) is 87.7 Å². The van der Waals surface area contributed by atoms with Crippen LogP contribution in [0.3, 0.4) is 0 Å². The molecule has 0 saturated carbocycles. The molecule has 0 bridgehead atoms. The normalized spacial score (nSPS) is 11.2. The van der Waals surface area contributed by atoms with Gasteiger partial charge in [0.25, 0.3) is 0 Å². The van der Waals surface area contributed by atoms with E-state index in [4.69, 9.17) is 0 Å². The minimum absolute atomic E-state index is 1.03. The van der Waals surface area contributed by atoms with Crippen molar-refractivity contribution >= 4 is 5.71 Å². The molecule has 1 aliphatic rings. The third-order valence-corrected chi connectivity index (χ3v) is 3.62. The second kappa shape index (κ2) is 22.4. The lowest BCUT2D eigenvalue weighted by Gasteiger charge is -1.93. The van der Waals surface area contributed by atoms with Crippen LogP contribution in [0, 0.1) is 13.8 Å². The van der Waals surface area contributed by atoms with Crippen molar-refractivity contribution in [1.29, 1.82) is 0 Å². The molecule has 0 saturated heterocycles. The second-order valence-electron chi connectivity index (χ2n) is 5.61. The van der Waals surface area contributed by atoms with E-state index in [9.17, 15) is 0 Å². The van der Waals surface area contributed by atoms with Gasteiger partial charge in [0.2, 0.25) is 0 Å². The average molecular weight is 380 g/mol. The summed E-state index contributed by atoms with van der Waals surface area (Å²) in [7, 11) is 1.77. The molecule has 1 nitrogen and oxygen atoms in total. The van der Waals surface area contributed by atoms with Gasteiger partial charge in [-0.2, -0.15) is 0 Å². The summed E-state index contributed by atoms with van der Waals surface area (Å²) >= 11 is 0. The van der Waals surface area contributed by atoms with Gasteiger partial charge in [-0.3, -0.25) is 4.99 Å². The largest absolute Gasteiger partial charge is 0.293 e. The van der Waals surface area contributed by atoms with Crippen LogP contribution in [-0.2, 0) is 0 Å². The van der Waals surface area contributed by atoms with Crippen molar-refractivity contribution in [2.24, 2.45) is 4.99 Å². The molecule has 0 amide bonds. The van der Waals surface area contributed by atoms with Gasteiger partial charge in [-0.15, -0.1) is 13.2 Å². The lowest BCUT2D eigenvalue weighted by molar-refractivity contribution is 1.34. The maximum absolute atomic E-state index is 3.91. The Labute approximate surface area is 175 Å². The Balaban J connectivity index is -0.000000309. The van der Waals surface area contributed by atoms with E-state index in [0.29, 0.717) is 0 Å². The molecule has 28 heavy (non-hydrogen) atoms. The van der Waals surface area contributed by atoms with Crippen molar-refractivity contribution in [3.05, 3.63) is 109 Å². The van der Waals surface area contributed by atoms with Crippen molar-refractivity contribution in [3.8, 4) is 0 Å². The van der Waals surface area contributed by atoms with Crippen LogP contribution in [0.1, 0.15) is 45.2 Å². The Hall–Kier alpha value is -2.67. The Morgan fingerprint density at radius 2 is 1.50 bits per heavy atom. The van der Waals surface area contributed by atoms with E-state index < -0.39 is 0 Å². The summed E-state index contributed by atoms with van der Waals surface area (Å²) in [5.74, 6) is 0. The molecule has 0 unspecified atom stereocenters. The maximum atomic E-state index is 3.91. The van der Waals surface area contributed by atoms with Crippen LogP contribution >= 0.6 is 0 Å². The maximum Gasteiger partial charge on any atom is 0.0337 e. The van der Waals surface area contributed by atoms with Crippen LogP contribution in [0.15, 0.2) is 103 Å². The Morgan fingerprint density at radius 1 is 1.00 bits per heavy atom. The third kappa shape index (κ3) is 18.1. The Kier molecular flexibility index (Phi) is 24.0. The first-order valence-electron chi connectivity index (χ1n) is 9.69. The summed E-state index contributed by atoms with van der Waals surface area (Å²) in [5.41, 5.74) is 5.99. The predicted octanol–water partition coefficient (Wildman–Crippen LogP) is 8.40. The molecule has 0 N–H and O–H groups in total. The molecule has 1 aromatic rings. The molecule has 0 aliphatic heterocycles. The van der Waals surface area contributed by atoms with Crippen molar-refractivity contribution in [2.75, 3.05) is 7.05 Å². The van der Waals surface area contributed by atoms with Crippen LogP contribution in [0.25, 0.3) is 0 Å². The predicted molar refractivity (Wildman–Crippen MR) is 134 cm³/mol.